The van der Waals surface area contributed by atoms with Crippen molar-refractivity contribution >= 4 is 39.9 Å². The number of thioether (sulfide) groups is 1. The Hall–Kier alpha value is 0.0900. The molecule has 1 saturated heterocycles. The minimum Gasteiger partial charge on any atom is -0.369 e. The second-order valence-corrected chi connectivity index (χ2v) is 7.63. The van der Waals surface area contributed by atoms with E-state index in [4.69, 9.17) is 17.0 Å². The van der Waals surface area contributed by atoms with Gasteiger partial charge in [-0.3, -0.25) is 0 Å². The van der Waals surface area contributed by atoms with Crippen LogP contribution in [0.4, 0.5) is 0 Å². The van der Waals surface area contributed by atoms with Gasteiger partial charge in [0.05, 0.1) is 11.1 Å². The number of H-pyrrole nitrogens is 1. The molecule has 0 saturated carbocycles. The largest absolute Gasteiger partial charge is 0.369 e. The lowest BCUT2D eigenvalue weighted by molar-refractivity contribution is 0.0690. The number of nitrogens with one attached hydrogen (secondary N) is 1. The molecule has 2 heterocycles. The predicted octanol–water partition coefficient (Wildman–Crippen LogP) is 4.00. The molecule has 100 valence electrons. The molecule has 1 fully saturated rings. The van der Waals surface area contributed by atoms with Crippen LogP contribution in [0, 0.1) is 4.64 Å². The maximum Gasteiger partial charge on any atom is 0.144 e. The predicted molar refractivity (Wildman–Crippen MR) is 81.8 cm³/mol. The number of rotatable bonds is 1. The van der Waals surface area contributed by atoms with Crippen LogP contribution in [0.3, 0.4) is 0 Å². The number of hydrogen-bond donors (Lipinski definition) is 1. The summed E-state index contributed by atoms with van der Waals surface area (Å²) in [6, 6.07) is 0. The van der Waals surface area contributed by atoms with E-state index in [1.54, 1.807) is 0 Å². The molecule has 0 radical (unpaired) electrons. The van der Waals surface area contributed by atoms with E-state index in [1.165, 1.54) is 0 Å². The van der Waals surface area contributed by atoms with E-state index in [0.29, 0.717) is 4.64 Å². The fraction of sp³-hybridized carbons (Fsp3) is 0.667. The third-order valence-electron chi connectivity index (χ3n) is 2.75. The Balaban J connectivity index is 2.44. The first-order chi connectivity index (χ1) is 8.39. The Morgan fingerprint density at radius 2 is 2.22 bits per heavy atom. The van der Waals surface area contributed by atoms with Gasteiger partial charge in [0.1, 0.15) is 16.6 Å². The van der Waals surface area contributed by atoms with Crippen molar-refractivity contribution in [1.82, 2.24) is 9.97 Å². The smallest absolute Gasteiger partial charge is 0.144 e. The normalized spacial score (nSPS) is 21.0. The van der Waals surface area contributed by atoms with Crippen LogP contribution < -0.4 is 0 Å². The second kappa shape index (κ2) is 5.61. The van der Waals surface area contributed by atoms with Gasteiger partial charge in [-0.15, -0.1) is 0 Å². The van der Waals surface area contributed by atoms with Crippen molar-refractivity contribution in [2.24, 2.45) is 0 Å². The van der Waals surface area contributed by atoms with Crippen LogP contribution >= 0.6 is 39.9 Å². The molecule has 1 aromatic rings. The highest BCUT2D eigenvalue weighted by atomic mass is 79.9. The third kappa shape index (κ3) is 3.15. The Morgan fingerprint density at radius 1 is 1.50 bits per heavy atom. The molecule has 0 amide bonds. The van der Waals surface area contributed by atoms with Crippen molar-refractivity contribution in [2.75, 3.05) is 18.1 Å². The van der Waals surface area contributed by atoms with Crippen molar-refractivity contribution in [1.29, 1.82) is 0 Å². The number of ether oxygens (including phenoxy) is 1. The number of aromatic amines is 1. The van der Waals surface area contributed by atoms with Crippen molar-refractivity contribution in [3.05, 3.63) is 20.6 Å². The molecule has 1 aliphatic heterocycles. The van der Waals surface area contributed by atoms with Crippen LogP contribution in [0.2, 0.25) is 0 Å². The summed E-state index contributed by atoms with van der Waals surface area (Å²) in [5.41, 5.74) is 1.07. The first-order valence-electron chi connectivity index (χ1n) is 5.89. The van der Waals surface area contributed by atoms with Gasteiger partial charge in [0, 0.05) is 22.6 Å². The van der Waals surface area contributed by atoms with E-state index < -0.39 is 0 Å². The van der Waals surface area contributed by atoms with E-state index in [0.717, 1.165) is 34.1 Å². The summed E-state index contributed by atoms with van der Waals surface area (Å²) < 4.78 is 7.24. The molecular weight excluding hydrogens is 332 g/mol. The summed E-state index contributed by atoms with van der Waals surface area (Å²) in [7, 11) is 0. The summed E-state index contributed by atoms with van der Waals surface area (Å²) in [4.78, 5) is 7.84. The van der Waals surface area contributed by atoms with E-state index in [1.807, 2.05) is 11.8 Å². The van der Waals surface area contributed by atoms with E-state index in [-0.39, 0.29) is 11.5 Å². The van der Waals surface area contributed by atoms with Crippen LogP contribution in [0.1, 0.15) is 38.4 Å². The molecule has 18 heavy (non-hydrogen) atoms. The topological polar surface area (TPSA) is 37.9 Å². The van der Waals surface area contributed by atoms with Gasteiger partial charge in [-0.2, -0.15) is 11.8 Å². The molecule has 0 bridgehead atoms. The number of halogens is 1. The highest BCUT2D eigenvalue weighted by molar-refractivity contribution is 9.10. The summed E-state index contributed by atoms with van der Waals surface area (Å²) in [5.74, 6) is 2.84. The SMILES string of the molecule is CC(C)(C)c1[nH]c(C2CSCCO2)nc(=S)c1Br. The standard InChI is InChI=1S/C12H17BrN2OS2/c1-12(2,3)9-8(13)11(17)15-10(14-9)7-6-18-5-4-16-7/h7H,4-6H2,1-3H3,(H,14,15,17). The monoisotopic (exact) mass is 348 g/mol. The minimum absolute atomic E-state index is 0.00804. The van der Waals surface area contributed by atoms with Crippen molar-refractivity contribution in [3.8, 4) is 0 Å². The first kappa shape index (κ1) is 14.5. The Morgan fingerprint density at radius 3 is 2.78 bits per heavy atom. The highest BCUT2D eigenvalue weighted by Gasteiger charge is 2.24. The van der Waals surface area contributed by atoms with Gasteiger partial charge in [-0.1, -0.05) is 33.0 Å². The molecule has 0 aromatic carbocycles. The number of hydrogen-bond acceptors (Lipinski definition) is 4. The average Bonchev–Trinajstić information content (AvgIpc) is 2.32. The summed E-state index contributed by atoms with van der Waals surface area (Å²) in [6.07, 6.45) is 0.0275. The zero-order chi connectivity index (χ0) is 13.3. The second-order valence-electron chi connectivity index (χ2n) is 5.30. The van der Waals surface area contributed by atoms with E-state index in [2.05, 4.69) is 46.7 Å². The molecular formula is C12H17BrN2OS2. The minimum atomic E-state index is -0.00804. The van der Waals surface area contributed by atoms with Crippen LogP contribution in [-0.4, -0.2) is 28.1 Å². The van der Waals surface area contributed by atoms with Gasteiger partial charge in [0.2, 0.25) is 0 Å². The quantitative estimate of drug-likeness (QED) is 0.778. The lowest BCUT2D eigenvalue weighted by Gasteiger charge is -2.25. The van der Waals surface area contributed by atoms with E-state index >= 15 is 0 Å². The molecule has 2 rings (SSSR count). The van der Waals surface area contributed by atoms with Gasteiger partial charge < -0.3 is 9.72 Å². The molecule has 1 aromatic heterocycles. The zero-order valence-electron chi connectivity index (χ0n) is 10.7. The van der Waals surface area contributed by atoms with E-state index in [9.17, 15) is 0 Å². The molecule has 1 unspecified atom stereocenters. The van der Waals surface area contributed by atoms with Crippen molar-refractivity contribution < 1.29 is 4.74 Å². The maximum absolute atomic E-state index is 5.75. The average molecular weight is 349 g/mol. The number of aromatic nitrogens is 2. The molecule has 1 atom stereocenters. The van der Waals surface area contributed by atoms with Crippen LogP contribution in [0.15, 0.2) is 4.47 Å². The van der Waals surface area contributed by atoms with Crippen molar-refractivity contribution in [2.45, 2.75) is 32.3 Å². The molecule has 3 nitrogen and oxygen atoms in total. The highest BCUT2D eigenvalue weighted by Crippen LogP contribution is 2.31. The fourth-order valence-corrected chi connectivity index (χ4v) is 3.62. The third-order valence-corrected chi connectivity index (χ3v) is 5.08. The van der Waals surface area contributed by atoms with Gasteiger partial charge in [-0.05, 0) is 15.9 Å². The zero-order valence-corrected chi connectivity index (χ0v) is 14.0. The van der Waals surface area contributed by atoms with Crippen molar-refractivity contribution in [3.63, 3.8) is 0 Å². The summed E-state index contributed by atoms with van der Waals surface area (Å²) in [6.45, 7) is 7.23. The maximum atomic E-state index is 5.75. The lowest BCUT2D eigenvalue weighted by Crippen LogP contribution is -2.22. The molecule has 0 aliphatic carbocycles. The molecule has 1 N–H and O–H groups in total. The lowest BCUT2D eigenvalue weighted by atomic mass is 9.92. The molecule has 6 heteroatoms. The van der Waals surface area contributed by atoms with Gasteiger partial charge in [0.15, 0.2) is 0 Å². The Bertz CT molecular complexity index is 490. The molecule has 0 spiro atoms. The number of nitrogens with zero attached hydrogens (tertiary/aromatic N) is 1. The summed E-state index contributed by atoms with van der Waals surface area (Å²) >= 11 is 10.7. The van der Waals surface area contributed by atoms with Crippen LogP contribution in [0.25, 0.3) is 0 Å². The van der Waals surface area contributed by atoms with Crippen LogP contribution in [-0.2, 0) is 10.2 Å². The Labute approximate surface area is 125 Å². The first-order valence-corrected chi connectivity index (χ1v) is 8.24. The Kier molecular flexibility index (Phi) is 4.52. The summed E-state index contributed by atoms with van der Waals surface area (Å²) in [5, 5.41) is 0. The van der Waals surface area contributed by atoms with Gasteiger partial charge >= 0.3 is 0 Å². The fourth-order valence-electron chi connectivity index (χ4n) is 1.79. The molecule has 1 aliphatic rings. The van der Waals surface area contributed by atoms with Gasteiger partial charge in [-0.25, -0.2) is 4.98 Å². The van der Waals surface area contributed by atoms with Crippen LogP contribution in [0.5, 0.6) is 0 Å². The van der Waals surface area contributed by atoms with Gasteiger partial charge in [0.25, 0.3) is 0 Å².